The molecule has 2 rings (SSSR count). The SMILES string of the molecule is CC(C)NC(=O)Nc1ccccc1C(=O)Nc1ccc(F)c(F)c1. The molecule has 0 bridgehead atoms. The fraction of sp³-hybridized carbons (Fsp3) is 0.176. The van der Waals surface area contributed by atoms with E-state index < -0.39 is 23.6 Å². The molecule has 0 saturated heterocycles. The molecule has 0 aliphatic heterocycles. The summed E-state index contributed by atoms with van der Waals surface area (Å²) in [6.07, 6.45) is 0. The van der Waals surface area contributed by atoms with Crippen molar-refractivity contribution in [3.8, 4) is 0 Å². The summed E-state index contributed by atoms with van der Waals surface area (Å²) in [5, 5.41) is 7.70. The summed E-state index contributed by atoms with van der Waals surface area (Å²) in [4.78, 5) is 24.1. The Morgan fingerprint density at radius 2 is 1.67 bits per heavy atom. The van der Waals surface area contributed by atoms with Crippen LogP contribution >= 0.6 is 0 Å². The van der Waals surface area contributed by atoms with Crippen LogP contribution in [0.2, 0.25) is 0 Å². The number of halogens is 2. The number of benzene rings is 2. The zero-order valence-electron chi connectivity index (χ0n) is 13.2. The van der Waals surface area contributed by atoms with Crippen molar-refractivity contribution in [1.82, 2.24) is 5.32 Å². The van der Waals surface area contributed by atoms with Crippen molar-refractivity contribution in [3.63, 3.8) is 0 Å². The molecule has 0 spiro atoms. The third-order valence-corrected chi connectivity index (χ3v) is 3.02. The molecule has 2 aromatic rings. The fourth-order valence-corrected chi connectivity index (χ4v) is 1.98. The summed E-state index contributed by atoms with van der Waals surface area (Å²) in [5.41, 5.74) is 0.609. The van der Waals surface area contributed by atoms with Crippen LogP contribution in [0.5, 0.6) is 0 Å². The molecule has 0 aliphatic carbocycles. The van der Waals surface area contributed by atoms with Gasteiger partial charge < -0.3 is 16.0 Å². The molecule has 0 unspecified atom stereocenters. The minimum Gasteiger partial charge on any atom is -0.336 e. The Morgan fingerprint density at radius 1 is 0.958 bits per heavy atom. The topological polar surface area (TPSA) is 70.2 Å². The van der Waals surface area contributed by atoms with E-state index in [4.69, 9.17) is 0 Å². The first kappa shape index (κ1) is 17.4. The second-order valence-electron chi connectivity index (χ2n) is 5.38. The highest BCUT2D eigenvalue weighted by Gasteiger charge is 2.14. The van der Waals surface area contributed by atoms with Crippen LogP contribution < -0.4 is 16.0 Å². The third kappa shape index (κ3) is 4.52. The van der Waals surface area contributed by atoms with Gasteiger partial charge in [-0.1, -0.05) is 12.1 Å². The first-order chi connectivity index (χ1) is 11.4. The number of nitrogens with one attached hydrogen (secondary N) is 3. The van der Waals surface area contributed by atoms with Gasteiger partial charge in [-0.2, -0.15) is 0 Å². The number of carbonyl (C=O) groups excluding carboxylic acids is 2. The molecule has 0 heterocycles. The highest BCUT2D eigenvalue weighted by atomic mass is 19.2. The average molecular weight is 333 g/mol. The van der Waals surface area contributed by atoms with Crippen LogP contribution in [0.3, 0.4) is 0 Å². The Hall–Kier alpha value is -2.96. The summed E-state index contributed by atoms with van der Waals surface area (Å²) in [5.74, 6) is -2.61. The minimum absolute atomic E-state index is 0.0619. The van der Waals surface area contributed by atoms with Gasteiger partial charge in [-0.05, 0) is 38.1 Å². The highest BCUT2D eigenvalue weighted by molar-refractivity contribution is 6.09. The van der Waals surface area contributed by atoms with Gasteiger partial charge in [0, 0.05) is 17.8 Å². The van der Waals surface area contributed by atoms with Gasteiger partial charge in [0.05, 0.1) is 11.3 Å². The van der Waals surface area contributed by atoms with Crippen LogP contribution in [-0.4, -0.2) is 18.0 Å². The van der Waals surface area contributed by atoms with Gasteiger partial charge in [-0.25, -0.2) is 13.6 Å². The van der Waals surface area contributed by atoms with Crippen LogP contribution in [0, 0.1) is 11.6 Å². The van der Waals surface area contributed by atoms with Crippen molar-refractivity contribution >= 4 is 23.3 Å². The number of urea groups is 1. The molecule has 0 atom stereocenters. The first-order valence-corrected chi connectivity index (χ1v) is 7.29. The summed E-state index contributed by atoms with van der Waals surface area (Å²) in [6, 6.07) is 8.93. The van der Waals surface area contributed by atoms with Crippen molar-refractivity contribution in [3.05, 3.63) is 59.7 Å². The number of hydrogen-bond donors (Lipinski definition) is 3. The van der Waals surface area contributed by atoms with Crippen LogP contribution in [0.1, 0.15) is 24.2 Å². The van der Waals surface area contributed by atoms with Crippen molar-refractivity contribution in [2.24, 2.45) is 0 Å². The van der Waals surface area contributed by atoms with Crippen LogP contribution in [0.25, 0.3) is 0 Å². The molecule has 3 amide bonds. The fourth-order valence-electron chi connectivity index (χ4n) is 1.98. The highest BCUT2D eigenvalue weighted by Crippen LogP contribution is 2.19. The van der Waals surface area contributed by atoms with Gasteiger partial charge in [0.1, 0.15) is 0 Å². The van der Waals surface area contributed by atoms with Gasteiger partial charge in [-0.3, -0.25) is 4.79 Å². The molecule has 0 aliphatic rings. The molecule has 24 heavy (non-hydrogen) atoms. The average Bonchev–Trinajstić information content (AvgIpc) is 2.50. The maximum Gasteiger partial charge on any atom is 0.319 e. The first-order valence-electron chi connectivity index (χ1n) is 7.29. The lowest BCUT2D eigenvalue weighted by atomic mass is 10.1. The molecule has 5 nitrogen and oxygen atoms in total. The van der Waals surface area contributed by atoms with Crippen molar-refractivity contribution in [2.45, 2.75) is 19.9 Å². The lowest BCUT2D eigenvalue weighted by Crippen LogP contribution is -2.34. The molecule has 3 N–H and O–H groups in total. The predicted octanol–water partition coefficient (Wildman–Crippen LogP) is 3.75. The molecule has 7 heteroatoms. The van der Waals surface area contributed by atoms with Crippen LogP contribution in [0.4, 0.5) is 25.0 Å². The number of para-hydroxylation sites is 1. The Balaban J connectivity index is 2.17. The van der Waals surface area contributed by atoms with Crippen molar-refractivity contribution in [2.75, 3.05) is 10.6 Å². The van der Waals surface area contributed by atoms with Gasteiger partial charge >= 0.3 is 6.03 Å². The number of rotatable bonds is 4. The van der Waals surface area contributed by atoms with E-state index in [2.05, 4.69) is 16.0 Å². The monoisotopic (exact) mass is 333 g/mol. The molecular weight excluding hydrogens is 316 g/mol. The second kappa shape index (κ2) is 7.54. The zero-order chi connectivity index (χ0) is 17.7. The second-order valence-corrected chi connectivity index (χ2v) is 5.38. The van der Waals surface area contributed by atoms with E-state index in [0.29, 0.717) is 5.69 Å². The van der Waals surface area contributed by atoms with E-state index >= 15 is 0 Å². The summed E-state index contributed by atoms with van der Waals surface area (Å²) in [7, 11) is 0. The largest absolute Gasteiger partial charge is 0.336 e. The molecule has 126 valence electrons. The summed E-state index contributed by atoms with van der Waals surface area (Å²) >= 11 is 0. The Labute approximate surface area is 138 Å². The van der Waals surface area contributed by atoms with E-state index in [1.165, 1.54) is 12.1 Å². The van der Waals surface area contributed by atoms with E-state index in [0.717, 1.165) is 12.1 Å². The number of anilines is 2. The van der Waals surface area contributed by atoms with Gasteiger partial charge in [-0.15, -0.1) is 0 Å². The zero-order valence-corrected chi connectivity index (χ0v) is 13.2. The third-order valence-electron chi connectivity index (χ3n) is 3.02. The summed E-state index contributed by atoms with van der Waals surface area (Å²) < 4.78 is 26.1. The maximum atomic E-state index is 13.2. The van der Waals surface area contributed by atoms with Crippen molar-refractivity contribution < 1.29 is 18.4 Å². The van der Waals surface area contributed by atoms with Gasteiger partial charge in [0.15, 0.2) is 11.6 Å². The van der Waals surface area contributed by atoms with E-state index in [-0.39, 0.29) is 17.3 Å². The van der Waals surface area contributed by atoms with E-state index in [1.54, 1.807) is 32.0 Å². The maximum absolute atomic E-state index is 13.2. The predicted molar refractivity (Wildman–Crippen MR) is 88.0 cm³/mol. The lowest BCUT2D eigenvalue weighted by molar-refractivity contribution is 0.102. The number of amides is 3. The standard InChI is InChI=1S/C17H17F2N3O2/c1-10(2)20-17(24)22-15-6-4-3-5-12(15)16(23)21-11-7-8-13(18)14(19)9-11/h3-10H,1-2H3,(H,21,23)(H2,20,22,24). The molecule has 0 aromatic heterocycles. The van der Waals surface area contributed by atoms with Gasteiger partial charge in [0.2, 0.25) is 0 Å². The smallest absolute Gasteiger partial charge is 0.319 e. The molecule has 0 radical (unpaired) electrons. The van der Waals surface area contributed by atoms with Gasteiger partial charge in [0.25, 0.3) is 5.91 Å². The Bertz CT molecular complexity index is 763. The van der Waals surface area contributed by atoms with Crippen LogP contribution in [0.15, 0.2) is 42.5 Å². The van der Waals surface area contributed by atoms with Crippen molar-refractivity contribution in [1.29, 1.82) is 0 Å². The summed E-state index contributed by atoms with van der Waals surface area (Å²) in [6.45, 7) is 3.61. The molecule has 2 aromatic carbocycles. The lowest BCUT2D eigenvalue weighted by Gasteiger charge is -2.13. The molecule has 0 saturated carbocycles. The number of carbonyl (C=O) groups is 2. The normalized spacial score (nSPS) is 10.4. The van der Waals surface area contributed by atoms with E-state index in [1.807, 2.05) is 0 Å². The molecular formula is C17H17F2N3O2. The number of hydrogen-bond acceptors (Lipinski definition) is 2. The molecule has 0 fully saturated rings. The minimum atomic E-state index is -1.06. The quantitative estimate of drug-likeness (QED) is 0.797. The van der Waals surface area contributed by atoms with Crippen LogP contribution in [-0.2, 0) is 0 Å². The Kier molecular flexibility index (Phi) is 5.47. The van der Waals surface area contributed by atoms with E-state index in [9.17, 15) is 18.4 Å². The Morgan fingerprint density at radius 3 is 2.33 bits per heavy atom.